The molecule has 0 radical (unpaired) electrons. The standard InChI is InChI=1S/C11H16O2S2/c12-10(13)8-4-7-5-9(8)11(6-7)14-2-1-3-15-11/h7-9H,1-6H2,(H,12,13)/t7-,8-,9+/m0/s1. The number of aliphatic carboxylic acids is 1. The van der Waals surface area contributed by atoms with Crippen molar-refractivity contribution in [2.24, 2.45) is 17.8 Å². The molecule has 1 aliphatic heterocycles. The summed E-state index contributed by atoms with van der Waals surface area (Å²) in [5.74, 6) is 3.05. The summed E-state index contributed by atoms with van der Waals surface area (Å²) in [4.78, 5) is 11.2. The zero-order valence-electron chi connectivity index (χ0n) is 8.65. The molecule has 15 heavy (non-hydrogen) atoms. The topological polar surface area (TPSA) is 37.3 Å². The maximum absolute atomic E-state index is 11.2. The first-order chi connectivity index (χ1) is 7.21. The fourth-order valence-corrected chi connectivity index (χ4v) is 7.49. The van der Waals surface area contributed by atoms with Gasteiger partial charge in [-0.3, -0.25) is 4.79 Å². The summed E-state index contributed by atoms with van der Waals surface area (Å²) in [5, 5.41) is 9.23. The highest BCUT2D eigenvalue weighted by molar-refractivity contribution is 8.18. The number of hydrogen-bond donors (Lipinski definition) is 1. The fourth-order valence-electron chi connectivity index (χ4n) is 3.54. The van der Waals surface area contributed by atoms with E-state index in [1.54, 1.807) is 0 Å². The van der Waals surface area contributed by atoms with Crippen LogP contribution in [0.25, 0.3) is 0 Å². The Labute approximate surface area is 98.6 Å². The van der Waals surface area contributed by atoms with Crippen LogP contribution in [-0.4, -0.2) is 26.7 Å². The number of carbonyl (C=O) groups is 1. The van der Waals surface area contributed by atoms with Crippen LogP contribution in [0.15, 0.2) is 0 Å². The lowest BCUT2D eigenvalue weighted by atomic mass is 9.88. The Balaban J connectivity index is 1.84. The summed E-state index contributed by atoms with van der Waals surface area (Å²) < 4.78 is 0.296. The molecule has 3 rings (SSSR count). The first-order valence-electron chi connectivity index (χ1n) is 5.72. The van der Waals surface area contributed by atoms with Gasteiger partial charge in [-0.25, -0.2) is 0 Å². The quantitative estimate of drug-likeness (QED) is 0.769. The second-order valence-electron chi connectivity index (χ2n) is 4.96. The Hall–Kier alpha value is 0.170. The second-order valence-corrected chi connectivity index (χ2v) is 8.06. The summed E-state index contributed by atoms with van der Waals surface area (Å²) in [7, 11) is 0. The molecule has 2 aliphatic carbocycles. The van der Waals surface area contributed by atoms with E-state index in [0.717, 1.165) is 6.42 Å². The molecule has 1 N–H and O–H groups in total. The van der Waals surface area contributed by atoms with Crippen molar-refractivity contribution in [3.63, 3.8) is 0 Å². The van der Waals surface area contributed by atoms with Crippen LogP contribution in [0, 0.1) is 17.8 Å². The van der Waals surface area contributed by atoms with Crippen molar-refractivity contribution in [1.82, 2.24) is 0 Å². The van der Waals surface area contributed by atoms with Gasteiger partial charge in [0.1, 0.15) is 0 Å². The van der Waals surface area contributed by atoms with Crippen LogP contribution in [-0.2, 0) is 4.79 Å². The average molecular weight is 244 g/mol. The molecule has 1 spiro atoms. The molecule has 2 bridgehead atoms. The Morgan fingerprint density at radius 2 is 2.00 bits per heavy atom. The molecule has 1 heterocycles. The third-order valence-corrected chi connectivity index (χ3v) is 7.71. The molecule has 4 heteroatoms. The molecule has 2 saturated carbocycles. The number of thioether (sulfide) groups is 2. The Bertz CT molecular complexity index is 286. The fraction of sp³-hybridized carbons (Fsp3) is 0.909. The van der Waals surface area contributed by atoms with E-state index in [9.17, 15) is 9.90 Å². The van der Waals surface area contributed by atoms with Gasteiger partial charge in [0.05, 0.1) is 10.00 Å². The van der Waals surface area contributed by atoms with E-state index >= 15 is 0 Å². The molecular formula is C11H16O2S2. The van der Waals surface area contributed by atoms with Crippen LogP contribution in [0.5, 0.6) is 0 Å². The van der Waals surface area contributed by atoms with Gasteiger partial charge in [-0.1, -0.05) is 0 Å². The summed E-state index contributed by atoms with van der Waals surface area (Å²) in [6.45, 7) is 0. The number of fused-ring (bicyclic) bond motifs is 3. The Morgan fingerprint density at radius 3 is 2.60 bits per heavy atom. The van der Waals surface area contributed by atoms with E-state index in [1.807, 2.05) is 0 Å². The van der Waals surface area contributed by atoms with E-state index in [1.165, 1.54) is 30.8 Å². The first-order valence-corrected chi connectivity index (χ1v) is 7.69. The van der Waals surface area contributed by atoms with Crippen molar-refractivity contribution in [2.45, 2.75) is 29.8 Å². The maximum atomic E-state index is 11.2. The largest absolute Gasteiger partial charge is 0.481 e. The van der Waals surface area contributed by atoms with Gasteiger partial charge in [-0.15, -0.1) is 23.5 Å². The van der Waals surface area contributed by atoms with E-state index in [2.05, 4.69) is 23.5 Å². The van der Waals surface area contributed by atoms with Gasteiger partial charge in [0, 0.05) is 0 Å². The lowest BCUT2D eigenvalue weighted by molar-refractivity contribution is -0.143. The highest BCUT2D eigenvalue weighted by Crippen LogP contribution is 2.65. The minimum Gasteiger partial charge on any atom is -0.481 e. The van der Waals surface area contributed by atoms with Crippen LogP contribution < -0.4 is 0 Å². The number of hydrogen-bond acceptors (Lipinski definition) is 3. The molecule has 0 aromatic heterocycles. The zero-order valence-corrected chi connectivity index (χ0v) is 10.3. The molecule has 0 aromatic rings. The van der Waals surface area contributed by atoms with Gasteiger partial charge in [0.25, 0.3) is 0 Å². The lowest BCUT2D eigenvalue weighted by Crippen LogP contribution is -2.39. The number of carboxylic acids is 1. The monoisotopic (exact) mass is 244 g/mol. The lowest BCUT2D eigenvalue weighted by Gasteiger charge is -2.41. The van der Waals surface area contributed by atoms with Crippen molar-refractivity contribution in [3.05, 3.63) is 0 Å². The van der Waals surface area contributed by atoms with Gasteiger partial charge >= 0.3 is 5.97 Å². The number of carboxylic acid groups (broad SMARTS) is 1. The molecule has 84 valence electrons. The van der Waals surface area contributed by atoms with Crippen LogP contribution in [0.4, 0.5) is 0 Å². The van der Waals surface area contributed by atoms with E-state index < -0.39 is 5.97 Å². The average Bonchev–Trinajstić information content (AvgIpc) is 2.76. The molecule has 0 amide bonds. The number of rotatable bonds is 1. The Morgan fingerprint density at radius 1 is 1.27 bits per heavy atom. The smallest absolute Gasteiger partial charge is 0.306 e. The summed E-state index contributed by atoms with van der Waals surface area (Å²) in [5.41, 5.74) is 0. The summed E-state index contributed by atoms with van der Waals surface area (Å²) in [6, 6.07) is 0. The molecule has 3 aliphatic rings. The van der Waals surface area contributed by atoms with Gasteiger partial charge < -0.3 is 5.11 Å². The molecule has 3 fully saturated rings. The van der Waals surface area contributed by atoms with Crippen molar-refractivity contribution in [2.75, 3.05) is 11.5 Å². The third-order valence-electron chi connectivity index (χ3n) is 4.10. The van der Waals surface area contributed by atoms with E-state index in [4.69, 9.17) is 0 Å². The Kier molecular flexibility index (Phi) is 2.47. The predicted molar refractivity (Wildman–Crippen MR) is 64.2 cm³/mol. The summed E-state index contributed by atoms with van der Waals surface area (Å²) >= 11 is 4.11. The maximum Gasteiger partial charge on any atom is 0.306 e. The van der Waals surface area contributed by atoms with Crippen molar-refractivity contribution in [3.8, 4) is 0 Å². The molecule has 3 atom stereocenters. The van der Waals surface area contributed by atoms with E-state index in [-0.39, 0.29) is 5.92 Å². The molecule has 0 unspecified atom stereocenters. The minimum atomic E-state index is -0.548. The second kappa shape index (κ2) is 3.59. The van der Waals surface area contributed by atoms with Crippen LogP contribution in [0.1, 0.15) is 25.7 Å². The third kappa shape index (κ3) is 1.52. The van der Waals surface area contributed by atoms with Crippen LogP contribution in [0.2, 0.25) is 0 Å². The SMILES string of the molecule is O=C(O)[C@H]1C[C@H]2C[C@H]1C1(C2)SCCCS1. The van der Waals surface area contributed by atoms with Gasteiger partial charge in [-0.05, 0) is 49.0 Å². The molecule has 1 saturated heterocycles. The van der Waals surface area contributed by atoms with Gasteiger partial charge in [0.15, 0.2) is 0 Å². The summed E-state index contributed by atoms with van der Waals surface area (Å²) in [6.07, 6.45) is 4.70. The zero-order chi connectivity index (χ0) is 10.5. The first kappa shape index (κ1) is 10.3. The van der Waals surface area contributed by atoms with Crippen molar-refractivity contribution < 1.29 is 9.90 Å². The highest BCUT2D eigenvalue weighted by atomic mass is 32.2. The molecule has 2 nitrogen and oxygen atoms in total. The van der Waals surface area contributed by atoms with Gasteiger partial charge in [0.2, 0.25) is 0 Å². The van der Waals surface area contributed by atoms with Gasteiger partial charge in [-0.2, -0.15) is 0 Å². The normalized spacial score (nSPS) is 42.3. The highest BCUT2D eigenvalue weighted by Gasteiger charge is 2.58. The van der Waals surface area contributed by atoms with Crippen molar-refractivity contribution >= 4 is 29.5 Å². The van der Waals surface area contributed by atoms with Crippen LogP contribution in [0.3, 0.4) is 0 Å². The molecule has 0 aromatic carbocycles. The predicted octanol–water partition coefficient (Wildman–Crippen LogP) is 2.68. The molecular weight excluding hydrogens is 228 g/mol. The minimum absolute atomic E-state index is 0.0400. The van der Waals surface area contributed by atoms with Crippen molar-refractivity contribution in [1.29, 1.82) is 0 Å². The van der Waals surface area contributed by atoms with E-state index in [0.29, 0.717) is 15.9 Å². The van der Waals surface area contributed by atoms with Crippen LogP contribution >= 0.6 is 23.5 Å².